The highest BCUT2D eigenvalue weighted by Crippen LogP contribution is 2.36. The zero-order valence-corrected chi connectivity index (χ0v) is 17.0. The number of rotatable bonds is 4. The van der Waals surface area contributed by atoms with Crippen LogP contribution in [-0.2, 0) is 0 Å². The first-order chi connectivity index (χ1) is 14.0. The van der Waals surface area contributed by atoms with Gasteiger partial charge in [0.15, 0.2) is 5.75 Å². The molecule has 0 saturated carbocycles. The number of hydrogen-bond acceptors (Lipinski definition) is 3. The summed E-state index contributed by atoms with van der Waals surface area (Å²) < 4.78 is 5.97. The van der Waals surface area contributed by atoms with E-state index in [2.05, 4.69) is 10.3 Å². The minimum Gasteiger partial charge on any atom is -0.454 e. The third-order valence-electron chi connectivity index (χ3n) is 4.40. The molecule has 1 heterocycles. The van der Waals surface area contributed by atoms with Crippen LogP contribution in [-0.4, -0.2) is 10.9 Å². The van der Waals surface area contributed by atoms with Crippen LogP contribution in [0.4, 0.5) is 5.69 Å². The van der Waals surface area contributed by atoms with Crippen LogP contribution in [0.25, 0.3) is 10.9 Å². The molecule has 0 aliphatic heterocycles. The number of aryl methyl sites for hydroxylation is 1. The summed E-state index contributed by atoms with van der Waals surface area (Å²) in [5.74, 6) is 0.792. The normalized spacial score (nSPS) is 10.7. The molecular formula is C23H16Cl2N2O2. The standard InChI is InChI=1S/C23H16Cl2N2O2/c1-14-4-6-15(7-5-14)23(28)27-16-8-10-20(19(25)13-16)29-21-11-9-18(24)17-3-2-12-26-22(17)21/h2-13H,1H3,(H,27,28). The second-order valence-corrected chi connectivity index (χ2v) is 7.33. The largest absolute Gasteiger partial charge is 0.454 e. The smallest absolute Gasteiger partial charge is 0.255 e. The van der Waals surface area contributed by atoms with Crippen LogP contribution in [0.2, 0.25) is 10.0 Å². The van der Waals surface area contributed by atoms with Crippen molar-refractivity contribution < 1.29 is 9.53 Å². The summed E-state index contributed by atoms with van der Waals surface area (Å²) in [6.45, 7) is 1.97. The number of ether oxygens (including phenoxy) is 1. The van der Waals surface area contributed by atoms with Crippen LogP contribution in [0, 0.1) is 6.92 Å². The van der Waals surface area contributed by atoms with Crippen LogP contribution in [0.5, 0.6) is 11.5 Å². The van der Waals surface area contributed by atoms with E-state index in [1.165, 1.54) is 0 Å². The summed E-state index contributed by atoms with van der Waals surface area (Å²) in [5, 5.41) is 4.60. The molecule has 0 aliphatic rings. The number of amides is 1. The Morgan fingerprint density at radius 1 is 0.931 bits per heavy atom. The van der Waals surface area contributed by atoms with Crippen molar-refractivity contribution in [3.8, 4) is 11.5 Å². The van der Waals surface area contributed by atoms with Gasteiger partial charge in [0.1, 0.15) is 11.3 Å². The number of carbonyl (C=O) groups is 1. The maximum absolute atomic E-state index is 12.4. The minimum atomic E-state index is -0.206. The lowest BCUT2D eigenvalue weighted by molar-refractivity contribution is 0.102. The van der Waals surface area contributed by atoms with E-state index in [1.54, 1.807) is 48.7 Å². The van der Waals surface area contributed by atoms with Gasteiger partial charge in [-0.15, -0.1) is 0 Å². The van der Waals surface area contributed by atoms with Gasteiger partial charge in [-0.2, -0.15) is 0 Å². The highest BCUT2D eigenvalue weighted by Gasteiger charge is 2.12. The first kappa shape index (κ1) is 19.2. The lowest BCUT2D eigenvalue weighted by atomic mass is 10.1. The Morgan fingerprint density at radius 3 is 2.45 bits per heavy atom. The maximum Gasteiger partial charge on any atom is 0.255 e. The number of aromatic nitrogens is 1. The van der Waals surface area contributed by atoms with Gasteiger partial charge in [0.2, 0.25) is 0 Å². The quantitative estimate of drug-likeness (QED) is 0.389. The Bertz CT molecular complexity index is 1210. The Hall–Kier alpha value is -3.08. The number of nitrogens with zero attached hydrogens (tertiary/aromatic N) is 1. The van der Waals surface area contributed by atoms with Gasteiger partial charge in [0, 0.05) is 22.8 Å². The molecule has 144 valence electrons. The Labute approximate surface area is 178 Å². The van der Waals surface area contributed by atoms with Crippen LogP contribution in [0.3, 0.4) is 0 Å². The lowest BCUT2D eigenvalue weighted by Gasteiger charge is -2.12. The van der Waals surface area contributed by atoms with Crippen molar-refractivity contribution in [2.75, 3.05) is 5.32 Å². The molecule has 4 rings (SSSR count). The summed E-state index contributed by atoms with van der Waals surface area (Å²) in [5.41, 5.74) is 2.89. The highest BCUT2D eigenvalue weighted by molar-refractivity contribution is 6.35. The van der Waals surface area contributed by atoms with Crippen LogP contribution >= 0.6 is 23.2 Å². The first-order valence-electron chi connectivity index (χ1n) is 8.90. The molecule has 4 nitrogen and oxygen atoms in total. The molecule has 0 bridgehead atoms. The SMILES string of the molecule is Cc1ccc(C(=O)Nc2ccc(Oc3ccc(Cl)c4cccnc34)c(Cl)c2)cc1. The summed E-state index contributed by atoms with van der Waals surface area (Å²) >= 11 is 12.6. The first-order valence-corrected chi connectivity index (χ1v) is 9.65. The molecule has 6 heteroatoms. The molecule has 29 heavy (non-hydrogen) atoms. The van der Waals surface area contributed by atoms with Crippen molar-refractivity contribution >= 4 is 45.7 Å². The Morgan fingerprint density at radius 2 is 1.69 bits per heavy atom. The zero-order valence-electron chi connectivity index (χ0n) is 15.4. The van der Waals surface area contributed by atoms with Crippen molar-refractivity contribution in [3.05, 3.63) is 94.1 Å². The number of hydrogen-bond donors (Lipinski definition) is 1. The topological polar surface area (TPSA) is 51.2 Å². The third kappa shape index (κ3) is 4.19. The fraction of sp³-hybridized carbons (Fsp3) is 0.0435. The van der Waals surface area contributed by atoms with Gasteiger partial charge in [0.25, 0.3) is 5.91 Å². The number of nitrogens with one attached hydrogen (secondary N) is 1. The molecule has 4 aromatic rings. The van der Waals surface area contributed by atoms with Gasteiger partial charge in [-0.3, -0.25) is 9.78 Å². The van der Waals surface area contributed by atoms with E-state index < -0.39 is 0 Å². The summed E-state index contributed by atoms with van der Waals surface area (Å²) in [7, 11) is 0. The van der Waals surface area contributed by atoms with Gasteiger partial charge in [-0.25, -0.2) is 0 Å². The summed E-state index contributed by atoms with van der Waals surface area (Å²) in [6, 6.07) is 19.6. The molecule has 0 unspecified atom stereocenters. The second kappa shape index (κ2) is 8.11. The molecule has 0 atom stereocenters. The Balaban J connectivity index is 1.56. The molecule has 0 spiro atoms. The van der Waals surface area contributed by atoms with E-state index >= 15 is 0 Å². The fourth-order valence-corrected chi connectivity index (χ4v) is 3.32. The van der Waals surface area contributed by atoms with Crippen molar-refractivity contribution in [2.45, 2.75) is 6.92 Å². The van der Waals surface area contributed by atoms with E-state index in [9.17, 15) is 4.79 Å². The molecule has 0 fully saturated rings. The van der Waals surface area contributed by atoms with Crippen molar-refractivity contribution in [2.24, 2.45) is 0 Å². The van der Waals surface area contributed by atoms with E-state index in [-0.39, 0.29) is 5.91 Å². The van der Waals surface area contributed by atoms with E-state index in [1.807, 2.05) is 31.2 Å². The lowest BCUT2D eigenvalue weighted by Crippen LogP contribution is -2.11. The molecule has 0 aliphatic carbocycles. The van der Waals surface area contributed by atoms with Crippen molar-refractivity contribution in [1.29, 1.82) is 0 Å². The molecule has 1 N–H and O–H groups in total. The van der Waals surface area contributed by atoms with Gasteiger partial charge in [-0.05, 0) is 61.5 Å². The Kier molecular flexibility index (Phi) is 5.38. The average molecular weight is 423 g/mol. The monoisotopic (exact) mass is 422 g/mol. The molecule has 0 radical (unpaired) electrons. The van der Waals surface area contributed by atoms with E-state index in [0.717, 1.165) is 10.9 Å². The van der Waals surface area contributed by atoms with Crippen LogP contribution in [0.15, 0.2) is 72.9 Å². The van der Waals surface area contributed by atoms with Gasteiger partial charge in [0.05, 0.1) is 10.0 Å². The number of halogens is 2. The molecule has 1 amide bonds. The molecule has 3 aromatic carbocycles. The zero-order chi connectivity index (χ0) is 20.4. The fourth-order valence-electron chi connectivity index (χ4n) is 2.88. The molecule has 1 aromatic heterocycles. The average Bonchev–Trinajstić information content (AvgIpc) is 2.72. The number of benzene rings is 3. The minimum absolute atomic E-state index is 0.206. The van der Waals surface area contributed by atoms with Crippen LogP contribution in [0.1, 0.15) is 15.9 Å². The third-order valence-corrected chi connectivity index (χ3v) is 5.03. The number of anilines is 1. The van der Waals surface area contributed by atoms with Gasteiger partial charge in [-0.1, -0.05) is 40.9 Å². The highest BCUT2D eigenvalue weighted by atomic mass is 35.5. The van der Waals surface area contributed by atoms with Crippen molar-refractivity contribution in [3.63, 3.8) is 0 Å². The molecule has 0 saturated heterocycles. The number of pyridine rings is 1. The second-order valence-electron chi connectivity index (χ2n) is 6.51. The predicted octanol–water partition coefficient (Wildman–Crippen LogP) is 6.89. The summed E-state index contributed by atoms with van der Waals surface area (Å²) in [4.78, 5) is 16.7. The summed E-state index contributed by atoms with van der Waals surface area (Å²) in [6.07, 6.45) is 1.68. The van der Waals surface area contributed by atoms with E-state index in [4.69, 9.17) is 27.9 Å². The van der Waals surface area contributed by atoms with Gasteiger partial charge < -0.3 is 10.1 Å². The maximum atomic E-state index is 12.4. The van der Waals surface area contributed by atoms with Gasteiger partial charge >= 0.3 is 0 Å². The van der Waals surface area contributed by atoms with Crippen LogP contribution < -0.4 is 10.1 Å². The molecular weight excluding hydrogens is 407 g/mol. The van der Waals surface area contributed by atoms with Crippen molar-refractivity contribution in [1.82, 2.24) is 4.98 Å². The number of carbonyl (C=O) groups excluding carboxylic acids is 1. The van der Waals surface area contributed by atoms with E-state index in [0.29, 0.717) is 38.3 Å². The number of fused-ring (bicyclic) bond motifs is 1. The predicted molar refractivity (Wildman–Crippen MR) is 117 cm³/mol.